The molecular weight excluding hydrogens is 424 g/mol. The molecule has 3 fully saturated rings. The maximum Gasteiger partial charge on any atom is 0.313 e. The molecule has 0 spiro atoms. The zero-order valence-corrected chi connectivity index (χ0v) is 19.3. The van der Waals surface area contributed by atoms with Gasteiger partial charge in [0.15, 0.2) is 5.58 Å². The number of piperidine rings is 1. The quantitative estimate of drug-likeness (QED) is 0.600. The van der Waals surface area contributed by atoms with Crippen molar-refractivity contribution in [3.63, 3.8) is 0 Å². The van der Waals surface area contributed by atoms with Gasteiger partial charge in [0.05, 0.1) is 25.2 Å². The molecule has 2 aromatic rings. The lowest BCUT2D eigenvalue weighted by Gasteiger charge is -2.44. The number of rotatable bonds is 8. The Labute approximate surface area is 194 Å². The number of aromatic nitrogens is 1. The molecule has 3 aliphatic rings. The normalized spacial score (nSPS) is 25.6. The highest BCUT2D eigenvalue weighted by Gasteiger charge is 2.46. The Hall–Kier alpha value is -2.32. The van der Waals surface area contributed by atoms with Gasteiger partial charge in [-0.1, -0.05) is 12.5 Å². The van der Waals surface area contributed by atoms with E-state index < -0.39 is 6.10 Å². The Kier molecular flexibility index (Phi) is 6.47. The molecule has 1 saturated heterocycles. The van der Waals surface area contributed by atoms with Crippen molar-refractivity contribution in [2.45, 2.75) is 63.6 Å². The zero-order chi connectivity index (χ0) is 22.8. The highest BCUT2D eigenvalue weighted by molar-refractivity contribution is 5.88. The number of fused-ring (bicyclic) bond motifs is 1. The van der Waals surface area contributed by atoms with Gasteiger partial charge >= 0.3 is 5.97 Å². The smallest absolute Gasteiger partial charge is 0.313 e. The highest BCUT2D eigenvalue weighted by atomic mass is 16.5. The molecule has 0 amide bonds. The molecule has 2 heterocycles. The van der Waals surface area contributed by atoms with E-state index in [0.717, 1.165) is 76.4 Å². The van der Waals surface area contributed by atoms with E-state index in [9.17, 15) is 9.90 Å². The fourth-order valence-electron chi connectivity index (χ4n) is 5.52. The third-order valence-electron chi connectivity index (χ3n) is 7.74. The van der Waals surface area contributed by atoms with Crippen LogP contribution in [0, 0.1) is 11.3 Å². The molecule has 5 rings (SSSR count). The van der Waals surface area contributed by atoms with Gasteiger partial charge in [0.1, 0.15) is 17.2 Å². The van der Waals surface area contributed by atoms with Gasteiger partial charge in [-0.15, -0.1) is 0 Å². The summed E-state index contributed by atoms with van der Waals surface area (Å²) in [5.74, 6) is 1.47. The van der Waals surface area contributed by atoms with E-state index in [-0.39, 0.29) is 17.5 Å². The van der Waals surface area contributed by atoms with Crippen molar-refractivity contribution in [3.8, 4) is 11.6 Å². The Balaban J connectivity index is 1.17. The summed E-state index contributed by atoms with van der Waals surface area (Å²) in [6, 6.07) is 5.60. The molecule has 0 bridgehead atoms. The summed E-state index contributed by atoms with van der Waals surface area (Å²) < 4.78 is 22.8. The van der Waals surface area contributed by atoms with Crippen LogP contribution in [0.5, 0.6) is 11.6 Å². The van der Waals surface area contributed by atoms with Crippen molar-refractivity contribution < 1.29 is 28.6 Å². The SMILES string of the molecule is COC(=O)C1(CN2CCC(COc3noc4cccc(O[C@@H]5CCC[C@H]5O)c34)CC2)CCC1. The highest BCUT2D eigenvalue weighted by Crippen LogP contribution is 2.43. The lowest BCUT2D eigenvalue weighted by atomic mass is 9.68. The number of hydrogen-bond donors (Lipinski definition) is 1. The van der Waals surface area contributed by atoms with Crippen LogP contribution in [0.15, 0.2) is 22.7 Å². The number of methoxy groups -OCH3 is 1. The minimum Gasteiger partial charge on any atom is -0.487 e. The number of carbonyl (C=O) groups excluding carboxylic acids is 1. The molecule has 2 saturated carbocycles. The summed E-state index contributed by atoms with van der Waals surface area (Å²) in [6.45, 7) is 3.29. The predicted molar refractivity (Wildman–Crippen MR) is 121 cm³/mol. The molecule has 1 aliphatic heterocycles. The second kappa shape index (κ2) is 9.50. The Bertz CT molecular complexity index is 963. The predicted octanol–water partition coefficient (Wildman–Crippen LogP) is 3.55. The average Bonchev–Trinajstić information content (AvgIpc) is 3.41. The van der Waals surface area contributed by atoms with Crippen LogP contribution in [-0.2, 0) is 9.53 Å². The minimum absolute atomic E-state index is 0.0553. The molecule has 1 aromatic heterocycles. The van der Waals surface area contributed by atoms with Crippen LogP contribution in [0.3, 0.4) is 0 Å². The van der Waals surface area contributed by atoms with Crippen molar-refractivity contribution in [1.29, 1.82) is 0 Å². The second-order valence-corrected chi connectivity index (χ2v) is 9.93. The van der Waals surface area contributed by atoms with Crippen LogP contribution >= 0.6 is 0 Å². The van der Waals surface area contributed by atoms with Gasteiger partial charge in [-0.25, -0.2) is 0 Å². The van der Waals surface area contributed by atoms with Crippen molar-refractivity contribution in [3.05, 3.63) is 18.2 Å². The Morgan fingerprint density at radius 1 is 1.21 bits per heavy atom. The molecule has 33 heavy (non-hydrogen) atoms. The van der Waals surface area contributed by atoms with Gasteiger partial charge < -0.3 is 28.7 Å². The first-order chi connectivity index (χ1) is 16.1. The number of aliphatic hydroxyl groups excluding tert-OH is 1. The maximum absolute atomic E-state index is 12.2. The molecular formula is C25H34N2O6. The van der Waals surface area contributed by atoms with E-state index in [4.69, 9.17) is 18.7 Å². The number of likely N-dealkylation sites (tertiary alicyclic amines) is 1. The molecule has 0 unspecified atom stereocenters. The number of esters is 1. The standard InChI is InChI=1S/C25H34N2O6/c1-30-24(29)25(11-4-12-25)16-27-13-9-17(10-14-27)15-31-23-22-20(7-3-8-21(22)33-26-23)32-19-6-2-5-18(19)28/h3,7-8,17-19,28H,2,4-6,9-16H2,1H3/t18-,19-/m1/s1. The second-order valence-electron chi connectivity index (χ2n) is 9.93. The number of benzene rings is 1. The van der Waals surface area contributed by atoms with Crippen molar-refractivity contribution in [2.24, 2.45) is 11.3 Å². The first-order valence-corrected chi connectivity index (χ1v) is 12.2. The van der Waals surface area contributed by atoms with E-state index in [2.05, 4.69) is 10.1 Å². The van der Waals surface area contributed by atoms with Crippen molar-refractivity contribution in [1.82, 2.24) is 10.1 Å². The van der Waals surface area contributed by atoms with Gasteiger partial charge in [0.25, 0.3) is 5.88 Å². The van der Waals surface area contributed by atoms with Crippen LogP contribution in [0.4, 0.5) is 0 Å². The maximum atomic E-state index is 12.2. The summed E-state index contributed by atoms with van der Waals surface area (Å²) in [7, 11) is 1.49. The molecule has 0 radical (unpaired) electrons. The first kappa shape index (κ1) is 22.5. The topological polar surface area (TPSA) is 94.3 Å². The number of aliphatic hydroxyl groups is 1. The molecule has 1 N–H and O–H groups in total. The van der Waals surface area contributed by atoms with Crippen LogP contribution in [0.1, 0.15) is 51.4 Å². The van der Waals surface area contributed by atoms with Crippen LogP contribution in [-0.4, -0.2) is 66.7 Å². The molecule has 2 aliphatic carbocycles. The van der Waals surface area contributed by atoms with Crippen LogP contribution in [0.2, 0.25) is 0 Å². The van der Waals surface area contributed by atoms with Gasteiger partial charge in [-0.05, 0) is 81.2 Å². The summed E-state index contributed by atoms with van der Waals surface area (Å²) >= 11 is 0. The third-order valence-corrected chi connectivity index (χ3v) is 7.74. The lowest BCUT2D eigenvalue weighted by Crippen LogP contribution is -2.50. The van der Waals surface area contributed by atoms with Gasteiger partial charge in [-0.3, -0.25) is 4.79 Å². The van der Waals surface area contributed by atoms with Gasteiger partial charge in [0, 0.05) is 6.54 Å². The number of ether oxygens (including phenoxy) is 3. The Morgan fingerprint density at radius 2 is 2.03 bits per heavy atom. The summed E-state index contributed by atoms with van der Waals surface area (Å²) in [5, 5.41) is 15.0. The summed E-state index contributed by atoms with van der Waals surface area (Å²) in [6.07, 6.45) is 6.95. The van der Waals surface area contributed by atoms with Crippen LogP contribution in [0.25, 0.3) is 11.0 Å². The zero-order valence-electron chi connectivity index (χ0n) is 19.3. The fourth-order valence-corrected chi connectivity index (χ4v) is 5.52. The number of carbonyl (C=O) groups is 1. The number of nitrogens with zero attached hydrogens (tertiary/aromatic N) is 2. The van der Waals surface area contributed by atoms with Crippen LogP contribution < -0.4 is 9.47 Å². The molecule has 8 nitrogen and oxygen atoms in total. The van der Waals surface area contributed by atoms with Gasteiger partial charge in [0.2, 0.25) is 0 Å². The van der Waals surface area contributed by atoms with E-state index in [0.29, 0.717) is 29.7 Å². The lowest BCUT2D eigenvalue weighted by molar-refractivity contribution is -0.160. The van der Waals surface area contributed by atoms with E-state index in [1.807, 2.05) is 18.2 Å². The minimum atomic E-state index is -0.437. The summed E-state index contributed by atoms with van der Waals surface area (Å²) in [4.78, 5) is 14.6. The van der Waals surface area contributed by atoms with Crippen molar-refractivity contribution in [2.75, 3.05) is 33.4 Å². The van der Waals surface area contributed by atoms with Gasteiger partial charge in [-0.2, -0.15) is 0 Å². The Morgan fingerprint density at radius 3 is 2.70 bits per heavy atom. The van der Waals surface area contributed by atoms with E-state index >= 15 is 0 Å². The molecule has 180 valence electrons. The van der Waals surface area contributed by atoms with E-state index in [1.165, 1.54) is 7.11 Å². The molecule has 1 aromatic carbocycles. The largest absolute Gasteiger partial charge is 0.487 e. The monoisotopic (exact) mass is 458 g/mol. The average molecular weight is 459 g/mol. The van der Waals surface area contributed by atoms with E-state index in [1.54, 1.807) is 0 Å². The number of hydrogen-bond acceptors (Lipinski definition) is 8. The summed E-state index contributed by atoms with van der Waals surface area (Å²) in [5.41, 5.74) is 0.333. The fraction of sp³-hybridized carbons (Fsp3) is 0.680. The first-order valence-electron chi connectivity index (χ1n) is 12.2. The molecule has 8 heteroatoms. The third kappa shape index (κ3) is 4.55. The van der Waals surface area contributed by atoms with Crippen molar-refractivity contribution >= 4 is 16.9 Å². The molecule has 2 atom stereocenters.